The summed E-state index contributed by atoms with van der Waals surface area (Å²) in [7, 11) is 0. The lowest BCUT2D eigenvalue weighted by atomic mass is 10.3. The van der Waals surface area contributed by atoms with Crippen LogP contribution in [-0.2, 0) is 9.59 Å². The first-order valence-corrected chi connectivity index (χ1v) is 2.95. The van der Waals surface area contributed by atoms with Crippen molar-refractivity contribution in [3.05, 3.63) is 12.7 Å². The Kier molecular flexibility index (Phi) is 4.09. The standard InChI is InChI=1S/C6H10N2O3/c1-2-5(10)8-6(11)4(7)3-9/h2,4,9H,1,3,7H2,(H,8,10,11)/t4-/m0/s1. The summed E-state index contributed by atoms with van der Waals surface area (Å²) in [4.78, 5) is 21.1. The lowest BCUT2D eigenvalue weighted by Crippen LogP contribution is -2.44. The smallest absolute Gasteiger partial charge is 0.249 e. The number of aliphatic hydroxyl groups excluding tert-OH is 1. The van der Waals surface area contributed by atoms with Crippen LogP contribution in [0.3, 0.4) is 0 Å². The zero-order valence-corrected chi connectivity index (χ0v) is 5.91. The Morgan fingerprint density at radius 2 is 2.27 bits per heavy atom. The molecule has 1 atom stereocenters. The fraction of sp³-hybridized carbons (Fsp3) is 0.333. The van der Waals surface area contributed by atoms with Gasteiger partial charge < -0.3 is 10.8 Å². The minimum atomic E-state index is -1.06. The van der Waals surface area contributed by atoms with Gasteiger partial charge in [-0.3, -0.25) is 14.9 Å². The quantitative estimate of drug-likeness (QED) is 0.420. The molecule has 0 aliphatic rings. The molecule has 0 aromatic rings. The highest BCUT2D eigenvalue weighted by molar-refractivity contribution is 6.02. The van der Waals surface area contributed by atoms with Gasteiger partial charge in [0.05, 0.1) is 6.61 Å². The van der Waals surface area contributed by atoms with E-state index in [1.165, 1.54) is 0 Å². The van der Waals surface area contributed by atoms with Gasteiger partial charge in [-0.1, -0.05) is 6.58 Å². The summed E-state index contributed by atoms with van der Waals surface area (Å²) in [5.41, 5.74) is 5.07. The highest BCUT2D eigenvalue weighted by Crippen LogP contribution is 1.76. The summed E-state index contributed by atoms with van der Waals surface area (Å²) in [6, 6.07) is -1.06. The second-order valence-electron chi connectivity index (χ2n) is 1.85. The third-order valence-electron chi connectivity index (χ3n) is 0.965. The molecular weight excluding hydrogens is 148 g/mol. The lowest BCUT2D eigenvalue weighted by Gasteiger charge is -2.05. The highest BCUT2D eigenvalue weighted by atomic mass is 16.3. The van der Waals surface area contributed by atoms with Crippen LogP contribution in [0.5, 0.6) is 0 Å². The monoisotopic (exact) mass is 158 g/mol. The normalized spacial score (nSPS) is 11.8. The van der Waals surface area contributed by atoms with E-state index in [1.807, 2.05) is 5.32 Å². The number of rotatable bonds is 3. The maximum Gasteiger partial charge on any atom is 0.249 e. The molecule has 0 aromatic heterocycles. The molecule has 5 heteroatoms. The predicted octanol–water partition coefficient (Wildman–Crippen LogP) is -1.87. The van der Waals surface area contributed by atoms with Gasteiger partial charge >= 0.3 is 0 Å². The molecule has 0 radical (unpaired) electrons. The second-order valence-corrected chi connectivity index (χ2v) is 1.85. The van der Waals surface area contributed by atoms with E-state index in [4.69, 9.17) is 10.8 Å². The first-order chi connectivity index (χ1) is 5.11. The summed E-state index contributed by atoms with van der Waals surface area (Å²) in [5.74, 6) is -1.34. The van der Waals surface area contributed by atoms with E-state index in [0.29, 0.717) is 0 Å². The number of hydrogen-bond donors (Lipinski definition) is 3. The molecule has 11 heavy (non-hydrogen) atoms. The van der Waals surface area contributed by atoms with Gasteiger partial charge in [0.2, 0.25) is 11.8 Å². The Hall–Kier alpha value is -1.20. The minimum Gasteiger partial charge on any atom is -0.394 e. The summed E-state index contributed by atoms with van der Waals surface area (Å²) in [6.45, 7) is 2.64. The molecule has 2 amide bonds. The fourth-order valence-electron chi connectivity index (χ4n) is 0.348. The number of hydrogen-bond acceptors (Lipinski definition) is 4. The topological polar surface area (TPSA) is 92.4 Å². The molecule has 0 aliphatic carbocycles. The molecular formula is C6H10N2O3. The largest absolute Gasteiger partial charge is 0.394 e. The number of aliphatic hydroxyl groups is 1. The van der Waals surface area contributed by atoms with E-state index in [2.05, 4.69) is 6.58 Å². The highest BCUT2D eigenvalue weighted by Gasteiger charge is 2.12. The maximum absolute atomic E-state index is 10.7. The van der Waals surface area contributed by atoms with Crippen LogP contribution in [0.4, 0.5) is 0 Å². The summed E-state index contributed by atoms with van der Waals surface area (Å²) in [6.07, 6.45) is 0.946. The van der Waals surface area contributed by atoms with Crippen LogP contribution >= 0.6 is 0 Å². The van der Waals surface area contributed by atoms with Crippen molar-refractivity contribution in [3.63, 3.8) is 0 Å². The number of carbonyl (C=O) groups is 2. The summed E-state index contributed by atoms with van der Waals surface area (Å²) < 4.78 is 0. The molecule has 0 fully saturated rings. The van der Waals surface area contributed by atoms with Crippen molar-refractivity contribution in [1.82, 2.24) is 5.32 Å². The van der Waals surface area contributed by atoms with Crippen molar-refractivity contribution in [1.29, 1.82) is 0 Å². The van der Waals surface area contributed by atoms with Gasteiger partial charge in [0, 0.05) is 0 Å². The minimum absolute atomic E-state index is 0.490. The zero-order chi connectivity index (χ0) is 8.85. The summed E-state index contributed by atoms with van der Waals surface area (Å²) in [5, 5.41) is 10.3. The Bertz CT molecular complexity index is 179. The number of imide groups is 1. The van der Waals surface area contributed by atoms with Gasteiger partial charge in [0.25, 0.3) is 0 Å². The number of nitrogens with two attached hydrogens (primary N) is 1. The maximum atomic E-state index is 10.7. The van der Waals surface area contributed by atoms with Crippen molar-refractivity contribution in [3.8, 4) is 0 Å². The van der Waals surface area contributed by atoms with E-state index in [0.717, 1.165) is 6.08 Å². The van der Waals surface area contributed by atoms with Crippen molar-refractivity contribution in [2.45, 2.75) is 6.04 Å². The SMILES string of the molecule is C=CC(=O)NC(=O)[C@@H](N)CO. The molecule has 62 valence electrons. The zero-order valence-electron chi connectivity index (χ0n) is 5.91. The van der Waals surface area contributed by atoms with E-state index >= 15 is 0 Å². The molecule has 0 aromatic carbocycles. The Morgan fingerprint density at radius 1 is 1.73 bits per heavy atom. The van der Waals surface area contributed by atoms with Crippen LogP contribution in [0.2, 0.25) is 0 Å². The fourth-order valence-corrected chi connectivity index (χ4v) is 0.348. The Morgan fingerprint density at radius 3 is 2.64 bits per heavy atom. The van der Waals surface area contributed by atoms with Crippen LogP contribution < -0.4 is 11.1 Å². The molecule has 0 aliphatic heterocycles. The predicted molar refractivity (Wildman–Crippen MR) is 38.4 cm³/mol. The van der Waals surface area contributed by atoms with Gasteiger partial charge in [-0.15, -0.1) is 0 Å². The van der Waals surface area contributed by atoms with Gasteiger partial charge in [-0.2, -0.15) is 0 Å². The lowest BCUT2D eigenvalue weighted by molar-refractivity contribution is -0.129. The second kappa shape index (κ2) is 4.59. The van der Waals surface area contributed by atoms with Gasteiger partial charge in [0.1, 0.15) is 6.04 Å². The molecule has 5 nitrogen and oxygen atoms in total. The third kappa shape index (κ3) is 3.49. The molecule has 0 bridgehead atoms. The number of carbonyl (C=O) groups excluding carboxylic acids is 2. The number of nitrogens with one attached hydrogen (secondary N) is 1. The van der Waals surface area contributed by atoms with Crippen LogP contribution in [-0.4, -0.2) is 29.6 Å². The van der Waals surface area contributed by atoms with Gasteiger partial charge in [0.15, 0.2) is 0 Å². The van der Waals surface area contributed by atoms with Crippen LogP contribution in [0.25, 0.3) is 0 Å². The molecule has 0 saturated heterocycles. The van der Waals surface area contributed by atoms with E-state index in [-0.39, 0.29) is 0 Å². The summed E-state index contributed by atoms with van der Waals surface area (Å²) >= 11 is 0. The Labute approximate surface area is 63.9 Å². The molecule has 4 N–H and O–H groups in total. The molecule has 0 heterocycles. The molecule has 0 unspecified atom stereocenters. The molecule has 0 spiro atoms. The molecule has 0 rings (SSSR count). The van der Waals surface area contributed by atoms with Crippen molar-refractivity contribution >= 4 is 11.8 Å². The van der Waals surface area contributed by atoms with Crippen molar-refractivity contribution in [2.75, 3.05) is 6.61 Å². The first-order valence-electron chi connectivity index (χ1n) is 2.95. The van der Waals surface area contributed by atoms with E-state index < -0.39 is 24.5 Å². The third-order valence-corrected chi connectivity index (χ3v) is 0.965. The van der Waals surface area contributed by atoms with Crippen LogP contribution in [0.15, 0.2) is 12.7 Å². The van der Waals surface area contributed by atoms with Crippen molar-refractivity contribution in [2.24, 2.45) is 5.73 Å². The number of amides is 2. The average Bonchev–Trinajstić information content (AvgIpc) is 2.02. The van der Waals surface area contributed by atoms with Crippen LogP contribution in [0.1, 0.15) is 0 Å². The van der Waals surface area contributed by atoms with Gasteiger partial charge in [-0.25, -0.2) is 0 Å². The van der Waals surface area contributed by atoms with Crippen molar-refractivity contribution < 1.29 is 14.7 Å². The average molecular weight is 158 g/mol. The Balaban J connectivity index is 3.86. The van der Waals surface area contributed by atoms with Gasteiger partial charge in [-0.05, 0) is 6.08 Å². The molecule has 0 saturated carbocycles. The van der Waals surface area contributed by atoms with E-state index in [1.54, 1.807) is 0 Å². The van der Waals surface area contributed by atoms with E-state index in [9.17, 15) is 9.59 Å². The first kappa shape index (κ1) is 9.80. The van der Waals surface area contributed by atoms with Crippen LogP contribution in [0, 0.1) is 0 Å².